The number of amides is 1. The molecule has 3 aromatic carbocycles. The summed E-state index contributed by atoms with van der Waals surface area (Å²) in [7, 11) is 7.81. The zero-order valence-electron chi connectivity index (χ0n) is 30.4. The Balaban J connectivity index is 0.000000822. The van der Waals surface area contributed by atoms with Gasteiger partial charge >= 0.3 is 0 Å². The molecule has 0 fully saturated rings. The standard InChI is InChI=1S/C31H39N3O2.C6H15N3O.C2H6/c1-5-6-19-34(4)31(25-11-16-30(17-12-25)36-20-7-18-32-3)22-26-10-15-29(21-27(26)23-35)33-28-13-8-24(2)9-14-28;1-8-3-4-9(2)5-6(7)10;1-2/h5,8-17,21,23,31-33H,1,6-7,18-20,22H2,2-4H3;8H,3-5H2,1-2H3,(H2,7,10);1-2H3. The van der Waals surface area contributed by atoms with Gasteiger partial charge < -0.3 is 26.4 Å². The van der Waals surface area contributed by atoms with E-state index in [0.29, 0.717) is 18.7 Å². The molecule has 48 heavy (non-hydrogen) atoms. The molecule has 0 aliphatic rings. The Labute approximate surface area is 289 Å². The quantitative estimate of drug-likeness (QED) is 0.0666. The van der Waals surface area contributed by atoms with Crippen LogP contribution in [0.1, 0.15) is 59.8 Å². The minimum absolute atomic E-state index is 0.123. The van der Waals surface area contributed by atoms with Crippen LogP contribution in [0.25, 0.3) is 0 Å². The number of hydrogen-bond acceptors (Lipinski definition) is 8. The van der Waals surface area contributed by atoms with Crippen molar-refractivity contribution in [1.29, 1.82) is 0 Å². The summed E-state index contributed by atoms with van der Waals surface area (Å²) in [5.74, 6) is 0.598. The summed E-state index contributed by atoms with van der Waals surface area (Å²) < 4.78 is 5.87. The Bertz CT molecular complexity index is 1310. The van der Waals surface area contributed by atoms with Gasteiger partial charge in [0.05, 0.1) is 13.2 Å². The second kappa shape index (κ2) is 25.1. The fourth-order valence-electron chi connectivity index (χ4n) is 4.83. The molecule has 9 nitrogen and oxygen atoms in total. The number of benzene rings is 3. The van der Waals surface area contributed by atoms with Crippen molar-refractivity contribution in [3.05, 3.63) is 102 Å². The van der Waals surface area contributed by atoms with E-state index in [-0.39, 0.29) is 11.9 Å². The zero-order chi connectivity index (χ0) is 35.7. The molecule has 3 aromatic rings. The molecule has 0 saturated carbocycles. The molecule has 0 bridgehead atoms. The van der Waals surface area contributed by atoms with Crippen LogP contribution < -0.4 is 26.4 Å². The highest BCUT2D eigenvalue weighted by molar-refractivity contribution is 5.80. The summed E-state index contributed by atoms with van der Waals surface area (Å²) in [5, 5.41) is 9.52. The maximum atomic E-state index is 12.1. The Hall–Kier alpha value is -4.02. The van der Waals surface area contributed by atoms with E-state index in [1.54, 1.807) is 0 Å². The number of aldehydes is 1. The third-order valence-electron chi connectivity index (χ3n) is 7.52. The van der Waals surface area contributed by atoms with Crippen LogP contribution in [0, 0.1) is 6.92 Å². The number of likely N-dealkylation sites (N-methyl/N-ethyl adjacent to an activating group) is 3. The minimum atomic E-state index is -0.279. The lowest BCUT2D eigenvalue weighted by Crippen LogP contribution is -2.34. The van der Waals surface area contributed by atoms with E-state index in [9.17, 15) is 9.59 Å². The summed E-state index contributed by atoms with van der Waals surface area (Å²) in [6, 6.07) is 22.7. The summed E-state index contributed by atoms with van der Waals surface area (Å²) in [4.78, 5) is 26.6. The van der Waals surface area contributed by atoms with Gasteiger partial charge in [-0.05, 0) is 108 Å². The maximum absolute atomic E-state index is 12.1. The summed E-state index contributed by atoms with van der Waals surface area (Å²) >= 11 is 0. The smallest absolute Gasteiger partial charge is 0.231 e. The van der Waals surface area contributed by atoms with Gasteiger partial charge in [0, 0.05) is 42.6 Å². The first-order chi connectivity index (χ1) is 23.2. The molecule has 264 valence electrons. The maximum Gasteiger partial charge on any atom is 0.231 e. The number of ether oxygens (including phenoxy) is 1. The topological polar surface area (TPSA) is 112 Å². The highest BCUT2D eigenvalue weighted by Gasteiger charge is 2.19. The largest absolute Gasteiger partial charge is 0.494 e. The van der Waals surface area contributed by atoms with E-state index in [0.717, 1.165) is 74.4 Å². The number of primary amides is 1. The molecule has 1 atom stereocenters. The number of carbonyl (C=O) groups is 2. The molecule has 0 aromatic heterocycles. The summed E-state index contributed by atoms with van der Waals surface area (Å²) in [6.45, 7) is 14.5. The van der Waals surface area contributed by atoms with Crippen LogP contribution in [0.5, 0.6) is 5.75 Å². The predicted molar refractivity (Wildman–Crippen MR) is 203 cm³/mol. The predicted octanol–water partition coefficient (Wildman–Crippen LogP) is 5.98. The van der Waals surface area contributed by atoms with Gasteiger partial charge in [0.1, 0.15) is 12.0 Å². The number of rotatable bonds is 20. The molecule has 0 aliphatic carbocycles. The fraction of sp³-hybridized carbons (Fsp3) is 0.436. The van der Waals surface area contributed by atoms with Crippen LogP contribution in [0.2, 0.25) is 0 Å². The highest BCUT2D eigenvalue weighted by Crippen LogP contribution is 2.29. The van der Waals surface area contributed by atoms with Gasteiger partial charge in [-0.15, -0.1) is 6.58 Å². The van der Waals surface area contributed by atoms with Gasteiger partial charge in [0.15, 0.2) is 0 Å². The Morgan fingerprint density at radius 3 is 2.17 bits per heavy atom. The molecule has 0 saturated heterocycles. The second-order valence-electron chi connectivity index (χ2n) is 11.5. The number of anilines is 2. The van der Waals surface area contributed by atoms with Gasteiger partial charge in [-0.1, -0.05) is 55.8 Å². The van der Waals surface area contributed by atoms with E-state index in [1.165, 1.54) is 11.1 Å². The lowest BCUT2D eigenvalue weighted by molar-refractivity contribution is -0.118. The van der Waals surface area contributed by atoms with Crippen molar-refractivity contribution in [2.75, 3.05) is 72.8 Å². The Kier molecular flexibility index (Phi) is 21.9. The average Bonchev–Trinajstić information content (AvgIpc) is 3.09. The molecule has 1 amide bonds. The van der Waals surface area contributed by atoms with Crippen molar-refractivity contribution >= 4 is 23.6 Å². The van der Waals surface area contributed by atoms with Crippen LogP contribution in [0.4, 0.5) is 11.4 Å². The number of nitrogens with zero attached hydrogens (tertiary/aromatic N) is 2. The second-order valence-corrected chi connectivity index (χ2v) is 11.5. The highest BCUT2D eigenvalue weighted by atomic mass is 16.5. The van der Waals surface area contributed by atoms with Crippen LogP contribution in [0.3, 0.4) is 0 Å². The number of aryl methyl sites for hydroxylation is 1. The van der Waals surface area contributed by atoms with Gasteiger partial charge in [-0.2, -0.15) is 0 Å². The van der Waals surface area contributed by atoms with Crippen LogP contribution in [-0.4, -0.2) is 89.5 Å². The number of nitrogens with two attached hydrogens (primary N) is 1. The Morgan fingerprint density at radius 2 is 1.58 bits per heavy atom. The van der Waals surface area contributed by atoms with Crippen molar-refractivity contribution in [3.8, 4) is 5.75 Å². The molecular formula is C39H60N6O3. The van der Waals surface area contributed by atoms with Crippen molar-refractivity contribution < 1.29 is 14.3 Å². The first-order valence-electron chi connectivity index (χ1n) is 16.9. The molecule has 9 heteroatoms. The summed E-state index contributed by atoms with van der Waals surface area (Å²) in [6.07, 6.45) is 5.50. The minimum Gasteiger partial charge on any atom is -0.494 e. The monoisotopic (exact) mass is 660 g/mol. The Morgan fingerprint density at radius 1 is 0.938 bits per heavy atom. The third kappa shape index (κ3) is 16.7. The normalized spacial score (nSPS) is 11.1. The van der Waals surface area contributed by atoms with E-state index in [1.807, 2.05) is 82.4 Å². The van der Waals surface area contributed by atoms with Crippen LogP contribution in [-0.2, 0) is 11.2 Å². The van der Waals surface area contributed by atoms with E-state index in [4.69, 9.17) is 10.5 Å². The van der Waals surface area contributed by atoms with Gasteiger partial charge in [0.25, 0.3) is 0 Å². The lowest BCUT2D eigenvalue weighted by atomic mass is 9.94. The van der Waals surface area contributed by atoms with E-state index >= 15 is 0 Å². The molecule has 0 heterocycles. The number of nitrogens with one attached hydrogen (secondary N) is 3. The molecule has 0 aliphatic heterocycles. The molecule has 0 radical (unpaired) electrons. The first kappa shape index (κ1) is 42.0. The van der Waals surface area contributed by atoms with Crippen molar-refractivity contribution in [2.24, 2.45) is 5.73 Å². The fourth-order valence-corrected chi connectivity index (χ4v) is 4.83. The zero-order valence-corrected chi connectivity index (χ0v) is 30.4. The molecule has 0 spiro atoms. The van der Waals surface area contributed by atoms with Crippen molar-refractivity contribution in [1.82, 2.24) is 20.4 Å². The van der Waals surface area contributed by atoms with E-state index < -0.39 is 0 Å². The van der Waals surface area contributed by atoms with Crippen LogP contribution >= 0.6 is 0 Å². The van der Waals surface area contributed by atoms with Gasteiger partial charge in [0.2, 0.25) is 5.91 Å². The number of hydrogen-bond donors (Lipinski definition) is 4. The summed E-state index contributed by atoms with van der Waals surface area (Å²) in [5.41, 5.74) is 11.0. The molecular weight excluding hydrogens is 600 g/mol. The molecule has 3 rings (SSSR count). The lowest BCUT2D eigenvalue weighted by Gasteiger charge is -2.29. The van der Waals surface area contributed by atoms with Crippen molar-refractivity contribution in [3.63, 3.8) is 0 Å². The third-order valence-corrected chi connectivity index (χ3v) is 7.52. The number of carbonyl (C=O) groups excluding carboxylic acids is 2. The average molecular weight is 661 g/mol. The van der Waals surface area contributed by atoms with E-state index in [2.05, 4.69) is 71.7 Å². The first-order valence-corrected chi connectivity index (χ1v) is 16.9. The van der Waals surface area contributed by atoms with Crippen molar-refractivity contribution in [2.45, 2.75) is 46.1 Å². The van der Waals surface area contributed by atoms with Gasteiger partial charge in [-0.25, -0.2) is 0 Å². The molecule has 5 N–H and O–H groups in total. The van der Waals surface area contributed by atoms with Crippen LogP contribution in [0.15, 0.2) is 79.4 Å². The SMILES string of the molecule is C=CCCN(C)C(Cc1ccc(Nc2ccc(C)cc2)cc1C=O)c1ccc(OCCCNC)cc1.CC.CNCCN(C)CC(N)=O. The van der Waals surface area contributed by atoms with Gasteiger partial charge in [-0.3, -0.25) is 19.4 Å². The molecule has 1 unspecified atom stereocenters.